The van der Waals surface area contributed by atoms with Crippen molar-refractivity contribution in [3.63, 3.8) is 0 Å². The molecule has 0 unspecified atom stereocenters. The van der Waals surface area contributed by atoms with Gasteiger partial charge in [-0.15, -0.1) is 0 Å². The highest BCUT2D eigenvalue weighted by Crippen LogP contribution is 2.16. The van der Waals surface area contributed by atoms with Gasteiger partial charge in [0.1, 0.15) is 17.3 Å². The molecule has 0 radical (unpaired) electrons. The van der Waals surface area contributed by atoms with Crippen LogP contribution >= 0.6 is 0 Å². The van der Waals surface area contributed by atoms with Gasteiger partial charge >= 0.3 is 0 Å². The van der Waals surface area contributed by atoms with Crippen molar-refractivity contribution in [3.8, 4) is 0 Å². The van der Waals surface area contributed by atoms with Gasteiger partial charge in [0.15, 0.2) is 0 Å². The van der Waals surface area contributed by atoms with Crippen LogP contribution in [-0.2, 0) is 4.79 Å². The first kappa shape index (κ1) is 13.2. The first-order chi connectivity index (χ1) is 10.1. The van der Waals surface area contributed by atoms with E-state index in [1.165, 1.54) is 12.1 Å². The summed E-state index contributed by atoms with van der Waals surface area (Å²) in [7, 11) is 0. The summed E-state index contributed by atoms with van der Waals surface area (Å²) in [6.45, 7) is 1.98. The third-order valence-corrected chi connectivity index (χ3v) is 3.14. The number of nitrogens with one attached hydrogen (secondary N) is 1. The average molecular weight is 280 g/mol. The van der Waals surface area contributed by atoms with E-state index >= 15 is 0 Å². The molecule has 4 heteroatoms. The van der Waals surface area contributed by atoms with E-state index in [1.54, 1.807) is 18.2 Å². The van der Waals surface area contributed by atoms with E-state index in [2.05, 4.69) is 10.3 Å². The lowest BCUT2D eigenvalue weighted by Crippen LogP contribution is -2.24. The van der Waals surface area contributed by atoms with Crippen LogP contribution in [0.3, 0.4) is 0 Å². The van der Waals surface area contributed by atoms with Gasteiger partial charge in [0, 0.05) is 5.56 Å². The molecule has 1 heterocycles. The second-order valence-corrected chi connectivity index (χ2v) is 4.87. The van der Waals surface area contributed by atoms with Gasteiger partial charge in [-0.25, -0.2) is 9.38 Å². The lowest BCUT2D eigenvalue weighted by molar-refractivity contribution is -0.115. The number of amidine groups is 1. The largest absolute Gasteiger partial charge is 0.305 e. The Kier molecular flexibility index (Phi) is 3.36. The number of rotatable bonds is 2. The molecule has 3 rings (SSSR count). The average Bonchev–Trinajstić information content (AvgIpc) is 2.80. The van der Waals surface area contributed by atoms with Gasteiger partial charge in [-0.3, -0.25) is 4.79 Å². The summed E-state index contributed by atoms with van der Waals surface area (Å²) in [6.07, 6.45) is 1.57. The molecule has 0 spiro atoms. The van der Waals surface area contributed by atoms with Crippen molar-refractivity contribution in [3.05, 3.63) is 76.7 Å². The van der Waals surface area contributed by atoms with Gasteiger partial charge < -0.3 is 5.32 Å². The number of halogens is 1. The van der Waals surface area contributed by atoms with Crippen LogP contribution in [0, 0.1) is 12.7 Å². The number of carbonyl (C=O) groups excluding carboxylic acids is 1. The Morgan fingerprint density at radius 3 is 2.71 bits per heavy atom. The second kappa shape index (κ2) is 5.32. The molecule has 0 saturated heterocycles. The molecule has 2 aromatic carbocycles. The first-order valence-electron chi connectivity index (χ1n) is 6.56. The summed E-state index contributed by atoms with van der Waals surface area (Å²) in [5.74, 6) is -0.104. The number of carbonyl (C=O) groups is 1. The van der Waals surface area contributed by atoms with Crippen molar-refractivity contribution in [1.82, 2.24) is 5.32 Å². The third kappa shape index (κ3) is 2.89. The van der Waals surface area contributed by atoms with E-state index in [0.717, 1.165) is 11.1 Å². The molecule has 1 aliphatic rings. The minimum absolute atomic E-state index is 0.275. The van der Waals surface area contributed by atoms with E-state index in [9.17, 15) is 9.18 Å². The van der Waals surface area contributed by atoms with Gasteiger partial charge in [-0.05, 0) is 36.8 Å². The van der Waals surface area contributed by atoms with Crippen molar-refractivity contribution in [1.29, 1.82) is 0 Å². The molecule has 0 fully saturated rings. The Balaban J connectivity index is 1.95. The number of aryl methyl sites for hydroxylation is 1. The zero-order valence-corrected chi connectivity index (χ0v) is 11.4. The fourth-order valence-electron chi connectivity index (χ4n) is 2.15. The molecule has 21 heavy (non-hydrogen) atoms. The maximum absolute atomic E-state index is 13.2. The van der Waals surface area contributed by atoms with E-state index in [1.807, 2.05) is 31.2 Å². The van der Waals surface area contributed by atoms with Crippen LogP contribution in [0.1, 0.15) is 16.7 Å². The van der Waals surface area contributed by atoms with Gasteiger partial charge in [0.05, 0.1) is 0 Å². The smallest absolute Gasteiger partial charge is 0.275 e. The number of hydrogen-bond donors (Lipinski definition) is 1. The summed E-state index contributed by atoms with van der Waals surface area (Å²) < 4.78 is 13.2. The highest BCUT2D eigenvalue weighted by molar-refractivity contribution is 6.19. The van der Waals surface area contributed by atoms with Crippen LogP contribution in [0.4, 0.5) is 4.39 Å². The molecular formula is C17H13FN2O. The molecular weight excluding hydrogens is 267 g/mol. The zero-order valence-electron chi connectivity index (χ0n) is 11.4. The van der Waals surface area contributed by atoms with Gasteiger partial charge in [-0.2, -0.15) is 0 Å². The fourth-order valence-corrected chi connectivity index (χ4v) is 2.15. The Labute approximate surface area is 121 Å². The Morgan fingerprint density at radius 1 is 1.14 bits per heavy atom. The molecule has 1 aliphatic heterocycles. The van der Waals surface area contributed by atoms with Crippen LogP contribution < -0.4 is 5.32 Å². The van der Waals surface area contributed by atoms with Crippen molar-refractivity contribution in [2.24, 2.45) is 4.99 Å². The highest BCUT2D eigenvalue weighted by Gasteiger charge is 2.21. The molecule has 0 atom stereocenters. The molecule has 0 aliphatic carbocycles. The number of aliphatic imine (C=N–C) groups is 1. The van der Waals surface area contributed by atoms with Crippen molar-refractivity contribution in [2.75, 3.05) is 0 Å². The van der Waals surface area contributed by atoms with Crippen LogP contribution in [0.15, 0.2) is 59.2 Å². The van der Waals surface area contributed by atoms with Crippen LogP contribution in [0.25, 0.3) is 6.08 Å². The van der Waals surface area contributed by atoms with Gasteiger partial charge in [-0.1, -0.05) is 35.9 Å². The minimum atomic E-state index is -0.342. The maximum atomic E-state index is 13.2. The van der Waals surface area contributed by atoms with Gasteiger partial charge in [0.2, 0.25) is 0 Å². The Morgan fingerprint density at radius 2 is 1.95 bits per heavy atom. The fraction of sp³-hybridized carbons (Fsp3) is 0.0588. The summed E-state index contributed by atoms with van der Waals surface area (Å²) >= 11 is 0. The summed E-state index contributed by atoms with van der Waals surface area (Å²) in [5, 5.41) is 2.73. The normalized spacial score (nSPS) is 16.0. The SMILES string of the molecule is Cc1cccc(C2=N/C(=C/c3cccc(F)c3)C(=O)N2)c1. The van der Waals surface area contributed by atoms with Crippen LogP contribution in [-0.4, -0.2) is 11.7 Å². The predicted molar refractivity (Wildman–Crippen MR) is 80.2 cm³/mol. The number of benzene rings is 2. The molecule has 1 N–H and O–H groups in total. The number of amides is 1. The lowest BCUT2D eigenvalue weighted by atomic mass is 10.1. The number of nitrogens with zero attached hydrogens (tertiary/aromatic N) is 1. The molecule has 0 aromatic heterocycles. The summed E-state index contributed by atoms with van der Waals surface area (Å²) in [4.78, 5) is 16.2. The zero-order chi connectivity index (χ0) is 14.8. The Hall–Kier alpha value is -2.75. The van der Waals surface area contributed by atoms with Crippen LogP contribution in [0.2, 0.25) is 0 Å². The summed E-state index contributed by atoms with van der Waals surface area (Å²) in [6, 6.07) is 13.8. The maximum Gasteiger partial charge on any atom is 0.275 e. The minimum Gasteiger partial charge on any atom is -0.305 e. The number of hydrogen-bond acceptors (Lipinski definition) is 2. The Bertz CT molecular complexity index is 778. The second-order valence-electron chi connectivity index (χ2n) is 4.87. The highest BCUT2D eigenvalue weighted by atomic mass is 19.1. The van der Waals surface area contributed by atoms with E-state index < -0.39 is 0 Å². The topological polar surface area (TPSA) is 41.5 Å². The van der Waals surface area contributed by atoms with E-state index in [-0.39, 0.29) is 17.4 Å². The van der Waals surface area contributed by atoms with E-state index in [4.69, 9.17) is 0 Å². The van der Waals surface area contributed by atoms with Crippen molar-refractivity contribution < 1.29 is 9.18 Å². The molecule has 0 bridgehead atoms. The molecule has 0 saturated carbocycles. The van der Waals surface area contributed by atoms with Gasteiger partial charge in [0.25, 0.3) is 5.91 Å². The summed E-state index contributed by atoms with van der Waals surface area (Å²) in [5.41, 5.74) is 2.82. The standard InChI is InChI=1S/C17H13FN2O/c1-11-4-2-6-13(8-11)16-19-15(17(21)20-16)10-12-5-3-7-14(18)9-12/h2-10H,1H3,(H,19,20,21)/b15-10+. The quantitative estimate of drug-likeness (QED) is 0.844. The van der Waals surface area contributed by atoms with Crippen molar-refractivity contribution in [2.45, 2.75) is 6.92 Å². The predicted octanol–water partition coefficient (Wildman–Crippen LogP) is 3.05. The monoisotopic (exact) mass is 280 g/mol. The molecule has 3 nitrogen and oxygen atoms in total. The van der Waals surface area contributed by atoms with Crippen molar-refractivity contribution >= 4 is 17.8 Å². The molecule has 104 valence electrons. The first-order valence-corrected chi connectivity index (χ1v) is 6.56. The van der Waals surface area contributed by atoms with E-state index in [0.29, 0.717) is 11.4 Å². The van der Waals surface area contributed by atoms with Crippen LogP contribution in [0.5, 0.6) is 0 Å². The molecule has 1 amide bonds. The lowest BCUT2D eigenvalue weighted by Gasteiger charge is -2.00. The molecule has 2 aromatic rings. The third-order valence-electron chi connectivity index (χ3n) is 3.14.